The van der Waals surface area contributed by atoms with Crippen LogP contribution in [0.3, 0.4) is 0 Å². The third kappa shape index (κ3) is 3.03. The van der Waals surface area contributed by atoms with Crippen LogP contribution in [0.1, 0.15) is 12.5 Å². The van der Waals surface area contributed by atoms with E-state index in [2.05, 4.69) is 4.99 Å². The molecule has 88 valence electrons. The van der Waals surface area contributed by atoms with Crippen LogP contribution >= 0.6 is 0 Å². The zero-order valence-corrected chi connectivity index (χ0v) is 9.85. The van der Waals surface area contributed by atoms with Gasteiger partial charge in [-0.1, -0.05) is 12.1 Å². The van der Waals surface area contributed by atoms with E-state index in [9.17, 15) is 4.79 Å². The molecule has 0 amide bonds. The van der Waals surface area contributed by atoms with Gasteiger partial charge in [0.25, 0.3) is 0 Å². The van der Waals surface area contributed by atoms with Crippen molar-refractivity contribution >= 4 is 12.0 Å². The van der Waals surface area contributed by atoms with Gasteiger partial charge in [0.2, 0.25) is 0 Å². The molecule has 0 atom stereocenters. The van der Waals surface area contributed by atoms with Crippen LogP contribution in [0.25, 0.3) is 0 Å². The number of allylic oxidation sites excluding steroid dienone is 1. The molecule has 0 N–H and O–H groups in total. The maximum absolute atomic E-state index is 11.6. The SMILES string of the molecule is CCOc1ccc(CC2=CC=NCC2=O)cc1. The van der Waals surface area contributed by atoms with Crippen LogP contribution in [-0.2, 0) is 11.2 Å². The summed E-state index contributed by atoms with van der Waals surface area (Å²) in [6, 6.07) is 7.84. The molecule has 1 aromatic rings. The lowest BCUT2D eigenvalue weighted by atomic mass is 10.0. The van der Waals surface area contributed by atoms with Gasteiger partial charge in [-0.2, -0.15) is 0 Å². The molecule has 0 radical (unpaired) electrons. The molecular formula is C14H15NO2. The van der Waals surface area contributed by atoms with Crippen LogP contribution in [0.15, 0.2) is 40.9 Å². The first-order chi connectivity index (χ1) is 8.29. The Balaban J connectivity index is 2.06. The van der Waals surface area contributed by atoms with Gasteiger partial charge in [0.15, 0.2) is 5.78 Å². The molecule has 0 saturated carbocycles. The fourth-order valence-electron chi connectivity index (χ4n) is 1.72. The average molecular weight is 229 g/mol. The van der Waals surface area contributed by atoms with Gasteiger partial charge < -0.3 is 4.74 Å². The van der Waals surface area contributed by atoms with E-state index in [1.165, 1.54) is 0 Å². The molecule has 1 aliphatic rings. The Morgan fingerprint density at radius 2 is 2.06 bits per heavy atom. The van der Waals surface area contributed by atoms with Gasteiger partial charge >= 0.3 is 0 Å². The topological polar surface area (TPSA) is 38.7 Å². The molecule has 1 aromatic carbocycles. The summed E-state index contributed by atoms with van der Waals surface area (Å²) < 4.78 is 5.37. The molecular weight excluding hydrogens is 214 g/mol. The van der Waals surface area contributed by atoms with Crippen molar-refractivity contribution in [3.63, 3.8) is 0 Å². The van der Waals surface area contributed by atoms with E-state index in [-0.39, 0.29) is 12.3 Å². The fraction of sp³-hybridized carbons (Fsp3) is 0.286. The van der Waals surface area contributed by atoms with Gasteiger partial charge in [-0.25, -0.2) is 0 Å². The Morgan fingerprint density at radius 1 is 1.29 bits per heavy atom. The molecule has 0 spiro atoms. The lowest BCUT2D eigenvalue weighted by molar-refractivity contribution is -0.114. The van der Waals surface area contributed by atoms with E-state index < -0.39 is 0 Å². The molecule has 2 rings (SSSR count). The minimum Gasteiger partial charge on any atom is -0.494 e. The minimum atomic E-state index is 0.112. The number of aliphatic imine (C=N–C) groups is 1. The number of nitrogens with zero attached hydrogens (tertiary/aromatic N) is 1. The minimum absolute atomic E-state index is 0.112. The van der Waals surface area contributed by atoms with Crippen molar-refractivity contribution in [3.8, 4) is 5.75 Å². The number of dihydropyridines is 1. The van der Waals surface area contributed by atoms with Gasteiger partial charge in [0.05, 0.1) is 6.61 Å². The fourth-order valence-corrected chi connectivity index (χ4v) is 1.72. The normalized spacial score (nSPS) is 14.6. The van der Waals surface area contributed by atoms with Crippen LogP contribution < -0.4 is 4.74 Å². The Bertz CT molecular complexity index is 458. The summed E-state index contributed by atoms with van der Waals surface area (Å²) >= 11 is 0. The first-order valence-corrected chi connectivity index (χ1v) is 5.73. The van der Waals surface area contributed by atoms with Gasteiger partial charge in [-0.05, 0) is 30.7 Å². The number of carbonyl (C=O) groups excluding carboxylic acids is 1. The highest BCUT2D eigenvalue weighted by molar-refractivity contribution is 6.03. The van der Waals surface area contributed by atoms with Gasteiger partial charge in [0.1, 0.15) is 12.3 Å². The number of ether oxygens (including phenoxy) is 1. The number of benzene rings is 1. The molecule has 0 saturated heterocycles. The van der Waals surface area contributed by atoms with Crippen LogP contribution in [0, 0.1) is 0 Å². The number of hydrogen-bond donors (Lipinski definition) is 0. The van der Waals surface area contributed by atoms with Crippen molar-refractivity contribution in [2.24, 2.45) is 4.99 Å². The molecule has 3 heteroatoms. The summed E-state index contributed by atoms with van der Waals surface area (Å²) in [6.45, 7) is 2.90. The van der Waals surface area contributed by atoms with Gasteiger partial charge in [-0.15, -0.1) is 0 Å². The molecule has 0 aromatic heterocycles. The molecule has 1 heterocycles. The molecule has 0 fully saturated rings. The smallest absolute Gasteiger partial charge is 0.180 e. The number of Topliss-reactive ketones (excluding diaryl/α,β-unsaturated/α-hetero) is 1. The van der Waals surface area contributed by atoms with Crippen LogP contribution in [0.4, 0.5) is 0 Å². The molecule has 17 heavy (non-hydrogen) atoms. The lowest BCUT2D eigenvalue weighted by Gasteiger charge is -2.08. The Kier molecular flexibility index (Phi) is 3.70. The maximum Gasteiger partial charge on any atom is 0.180 e. The van der Waals surface area contributed by atoms with Crippen molar-refractivity contribution in [3.05, 3.63) is 41.5 Å². The summed E-state index contributed by atoms with van der Waals surface area (Å²) in [5.74, 6) is 0.975. The highest BCUT2D eigenvalue weighted by atomic mass is 16.5. The summed E-state index contributed by atoms with van der Waals surface area (Å²) in [7, 11) is 0. The highest BCUT2D eigenvalue weighted by Gasteiger charge is 2.11. The summed E-state index contributed by atoms with van der Waals surface area (Å²) in [5.41, 5.74) is 1.94. The summed E-state index contributed by atoms with van der Waals surface area (Å²) in [5, 5.41) is 0. The van der Waals surface area contributed by atoms with Crippen molar-refractivity contribution in [2.75, 3.05) is 13.2 Å². The van der Waals surface area contributed by atoms with Gasteiger partial charge in [-0.3, -0.25) is 9.79 Å². The van der Waals surface area contributed by atoms with E-state index in [0.717, 1.165) is 16.9 Å². The summed E-state index contributed by atoms with van der Waals surface area (Å²) in [4.78, 5) is 15.5. The molecule has 3 nitrogen and oxygen atoms in total. The van der Waals surface area contributed by atoms with E-state index in [4.69, 9.17) is 4.74 Å². The highest BCUT2D eigenvalue weighted by Crippen LogP contribution is 2.16. The van der Waals surface area contributed by atoms with Crippen molar-refractivity contribution in [1.82, 2.24) is 0 Å². The molecule has 1 aliphatic heterocycles. The maximum atomic E-state index is 11.6. The molecule has 0 bridgehead atoms. The quantitative estimate of drug-likeness (QED) is 0.794. The second-order valence-electron chi connectivity index (χ2n) is 3.86. The van der Waals surface area contributed by atoms with Crippen LogP contribution in [0.2, 0.25) is 0 Å². The number of carbonyl (C=O) groups is 1. The molecule has 0 aliphatic carbocycles. The Labute approximate surface area is 101 Å². The second-order valence-corrected chi connectivity index (χ2v) is 3.86. The monoisotopic (exact) mass is 229 g/mol. The number of ketones is 1. The van der Waals surface area contributed by atoms with E-state index in [1.807, 2.05) is 31.2 Å². The van der Waals surface area contributed by atoms with E-state index >= 15 is 0 Å². The molecule has 0 unspecified atom stereocenters. The van der Waals surface area contributed by atoms with E-state index in [0.29, 0.717) is 13.0 Å². The number of hydrogen-bond acceptors (Lipinski definition) is 3. The first-order valence-electron chi connectivity index (χ1n) is 5.73. The van der Waals surface area contributed by atoms with Crippen molar-refractivity contribution in [1.29, 1.82) is 0 Å². The average Bonchev–Trinajstić information content (AvgIpc) is 2.35. The second kappa shape index (κ2) is 5.43. The van der Waals surface area contributed by atoms with Crippen LogP contribution in [0.5, 0.6) is 5.75 Å². The Morgan fingerprint density at radius 3 is 2.71 bits per heavy atom. The third-order valence-corrected chi connectivity index (χ3v) is 2.60. The van der Waals surface area contributed by atoms with Crippen LogP contribution in [-0.4, -0.2) is 25.1 Å². The first kappa shape index (κ1) is 11.6. The number of rotatable bonds is 4. The predicted octanol–water partition coefficient (Wildman–Crippen LogP) is 2.21. The third-order valence-electron chi connectivity index (χ3n) is 2.60. The van der Waals surface area contributed by atoms with Gasteiger partial charge in [0, 0.05) is 18.2 Å². The summed E-state index contributed by atoms with van der Waals surface area (Å²) in [6.07, 6.45) is 4.16. The Hall–Kier alpha value is -1.90. The zero-order valence-electron chi connectivity index (χ0n) is 9.85. The lowest BCUT2D eigenvalue weighted by Crippen LogP contribution is -2.12. The zero-order chi connectivity index (χ0) is 12.1. The van der Waals surface area contributed by atoms with E-state index in [1.54, 1.807) is 12.3 Å². The van der Waals surface area contributed by atoms with Crippen molar-refractivity contribution < 1.29 is 9.53 Å². The largest absolute Gasteiger partial charge is 0.494 e. The standard InChI is InChI=1S/C14H15NO2/c1-2-17-13-5-3-11(4-6-13)9-12-7-8-15-10-14(12)16/h3-8H,2,9-10H2,1H3. The predicted molar refractivity (Wildman–Crippen MR) is 67.8 cm³/mol. The van der Waals surface area contributed by atoms with Crippen molar-refractivity contribution in [2.45, 2.75) is 13.3 Å².